The van der Waals surface area contributed by atoms with Crippen LogP contribution in [0.1, 0.15) is 0 Å². The second kappa shape index (κ2) is 2.43. The molecule has 0 aromatic heterocycles. The molecule has 0 radical (unpaired) electrons. The molecule has 0 aliphatic heterocycles. The first-order valence-electron chi connectivity index (χ1n) is 2.07. The van der Waals surface area contributed by atoms with E-state index < -0.39 is 0 Å². The summed E-state index contributed by atoms with van der Waals surface area (Å²) in [4.78, 5) is 0.899. The van der Waals surface area contributed by atoms with E-state index >= 15 is 0 Å². The Kier molecular flexibility index (Phi) is 1.82. The molecule has 0 saturated heterocycles. The van der Waals surface area contributed by atoms with Gasteiger partial charge in [-0.2, -0.15) is 0 Å². The lowest BCUT2D eigenvalue weighted by Crippen LogP contribution is -1.66. The van der Waals surface area contributed by atoms with Gasteiger partial charge in [0.25, 0.3) is 0 Å². The van der Waals surface area contributed by atoms with Crippen molar-refractivity contribution in [2.75, 3.05) is 0 Å². The van der Waals surface area contributed by atoms with Crippen molar-refractivity contribution in [3.8, 4) is 0 Å². The highest BCUT2D eigenvalue weighted by molar-refractivity contribution is 9.11. The quantitative estimate of drug-likeness (QED) is 0.437. The van der Waals surface area contributed by atoms with Crippen LogP contribution in [0.5, 0.6) is 0 Å². The molecule has 0 N–H and O–H groups in total. The molecule has 1 aliphatic rings. The molecule has 0 saturated carbocycles. The highest BCUT2D eigenvalue weighted by atomic mass is 79.9. The van der Waals surface area contributed by atoms with Gasteiger partial charge >= 0.3 is 0 Å². The Labute approximate surface area is 61.8 Å². The minimum absolute atomic E-state index is 0.894. The third-order valence-electron chi connectivity index (χ3n) is 0.686. The zero-order valence-electron chi connectivity index (χ0n) is 3.98. The molecular weight excluding hydrogens is 184 g/mol. The number of hydrogen-bond acceptors (Lipinski definition) is 1. The van der Waals surface area contributed by atoms with Crippen LogP contribution in [0.2, 0.25) is 0 Å². The normalized spacial score (nSPS) is 15.8. The van der Waals surface area contributed by atoms with Gasteiger partial charge in [0.1, 0.15) is 0 Å². The topological polar surface area (TPSA) is 0 Å². The Morgan fingerprint density at radius 2 is 2.38 bits per heavy atom. The molecule has 1 rings (SSSR count). The molecule has 0 atom stereocenters. The molecule has 0 bridgehead atoms. The second-order valence-corrected chi connectivity index (χ2v) is 2.70. The van der Waals surface area contributed by atoms with E-state index in [1.165, 1.54) is 0 Å². The van der Waals surface area contributed by atoms with E-state index in [-0.39, 0.29) is 0 Å². The first-order valence-corrected chi connectivity index (χ1v) is 3.31. The van der Waals surface area contributed by atoms with Crippen molar-refractivity contribution in [2.45, 2.75) is 0 Å². The van der Waals surface area contributed by atoms with Gasteiger partial charge in [-0.1, -0.05) is 11.5 Å². The van der Waals surface area contributed by atoms with E-state index in [4.69, 9.17) is 0 Å². The molecule has 0 unspecified atom stereocenters. The lowest BCUT2D eigenvalue weighted by Gasteiger charge is -1.88. The predicted molar refractivity (Wildman–Crippen MR) is 41.1 cm³/mol. The maximum absolute atomic E-state index is 4.07. The summed E-state index contributed by atoms with van der Waals surface area (Å²) in [6.07, 6.45) is 3.62. The molecule has 8 heavy (non-hydrogen) atoms. The molecule has 0 heterocycles. The first-order chi connectivity index (χ1) is 3.79. The molecule has 0 aromatic carbocycles. The molecule has 0 spiro atoms. The molecule has 40 valence electrons. The summed E-state index contributed by atoms with van der Waals surface area (Å²) in [5, 5.41) is 0. The van der Waals surface area contributed by atoms with Crippen molar-refractivity contribution in [2.24, 2.45) is 0 Å². The smallest absolute Gasteiger partial charge is 0.0688 e. The van der Waals surface area contributed by atoms with E-state index in [0.717, 1.165) is 9.39 Å². The van der Waals surface area contributed by atoms with E-state index in [9.17, 15) is 0 Å². The molecule has 0 fully saturated rings. The average Bonchev–Trinajstić information content (AvgIpc) is 1.64. The van der Waals surface area contributed by atoms with Crippen LogP contribution in [-0.2, 0) is 0 Å². The zero-order chi connectivity index (χ0) is 5.98. The van der Waals surface area contributed by atoms with Crippen LogP contribution in [-0.4, -0.2) is 0 Å². The summed E-state index contributed by atoms with van der Waals surface area (Å²) >= 11 is 7.30. The van der Waals surface area contributed by atoms with Crippen molar-refractivity contribution < 1.29 is 0 Å². The van der Waals surface area contributed by atoms with E-state index in [1.807, 2.05) is 6.08 Å². The Balaban J connectivity index is 3.10. The Hall–Kier alpha value is -0.130. The number of rotatable bonds is 0. The highest BCUT2D eigenvalue weighted by Gasteiger charge is 1.87. The standard InChI is InChI=1S/C6H3BrS/c7-5-2-1-3-6(8)4-5/h3-4,8H. The number of halogens is 1. The third kappa shape index (κ3) is 1.43. The summed E-state index contributed by atoms with van der Waals surface area (Å²) < 4.78 is 0.894. The van der Waals surface area contributed by atoms with Gasteiger partial charge in [0.05, 0.1) is 4.48 Å². The van der Waals surface area contributed by atoms with Crippen molar-refractivity contribution in [1.29, 1.82) is 0 Å². The maximum Gasteiger partial charge on any atom is 0.0688 e. The van der Waals surface area contributed by atoms with E-state index in [0.29, 0.717) is 0 Å². The molecule has 2 heteroatoms. The predicted octanol–water partition coefficient (Wildman–Crippen LogP) is 2.40. The third-order valence-corrected chi connectivity index (χ3v) is 1.37. The van der Waals surface area contributed by atoms with Gasteiger partial charge < -0.3 is 0 Å². The van der Waals surface area contributed by atoms with E-state index in [1.54, 1.807) is 6.08 Å². The van der Waals surface area contributed by atoms with Crippen molar-refractivity contribution in [3.05, 3.63) is 33.0 Å². The molecular formula is C6H3BrS. The van der Waals surface area contributed by atoms with Crippen molar-refractivity contribution >= 4 is 28.6 Å². The fourth-order valence-electron chi connectivity index (χ4n) is 0.387. The van der Waals surface area contributed by atoms with Crippen LogP contribution in [0.15, 0.2) is 33.0 Å². The van der Waals surface area contributed by atoms with Crippen LogP contribution in [0, 0.1) is 0 Å². The first kappa shape index (κ1) is 6.00. The molecule has 0 aromatic rings. The van der Waals surface area contributed by atoms with Gasteiger partial charge in [-0.25, -0.2) is 0 Å². The highest BCUT2D eigenvalue weighted by Crippen LogP contribution is 2.13. The Morgan fingerprint density at radius 1 is 1.62 bits per heavy atom. The minimum Gasteiger partial charge on any atom is -0.143 e. The van der Waals surface area contributed by atoms with Gasteiger partial charge in [-0.3, -0.25) is 0 Å². The van der Waals surface area contributed by atoms with Crippen LogP contribution < -0.4 is 0 Å². The van der Waals surface area contributed by atoms with E-state index in [2.05, 4.69) is 40.0 Å². The Morgan fingerprint density at radius 3 is 2.75 bits per heavy atom. The lowest BCUT2D eigenvalue weighted by atomic mass is 10.4. The van der Waals surface area contributed by atoms with Crippen molar-refractivity contribution in [3.63, 3.8) is 0 Å². The number of thiol groups is 1. The fraction of sp³-hybridized carbons (Fsp3) is 0. The second-order valence-electron chi connectivity index (χ2n) is 1.33. The molecule has 1 aliphatic carbocycles. The maximum atomic E-state index is 4.07. The zero-order valence-corrected chi connectivity index (χ0v) is 6.46. The minimum atomic E-state index is 0.894. The largest absolute Gasteiger partial charge is 0.143 e. The molecule has 0 amide bonds. The fourth-order valence-corrected chi connectivity index (χ4v) is 1.12. The number of allylic oxidation sites excluding steroid dienone is 3. The van der Waals surface area contributed by atoms with Gasteiger partial charge in [-0.05, 0) is 22.0 Å². The van der Waals surface area contributed by atoms with Gasteiger partial charge in [0.15, 0.2) is 0 Å². The Bertz CT molecular complexity index is 225. The van der Waals surface area contributed by atoms with Gasteiger partial charge in [-0.15, -0.1) is 12.6 Å². The summed E-state index contributed by atoms with van der Waals surface area (Å²) in [6, 6.07) is 0. The van der Waals surface area contributed by atoms with Gasteiger partial charge in [0, 0.05) is 11.0 Å². The SMILES string of the molecule is SC1=CC(Br)=C=C=C1. The summed E-state index contributed by atoms with van der Waals surface area (Å²) in [6.45, 7) is 0. The lowest BCUT2D eigenvalue weighted by molar-refractivity contribution is 1.82. The summed E-state index contributed by atoms with van der Waals surface area (Å²) in [7, 11) is 0. The van der Waals surface area contributed by atoms with Crippen LogP contribution >= 0.6 is 28.6 Å². The van der Waals surface area contributed by atoms with Crippen molar-refractivity contribution in [1.82, 2.24) is 0 Å². The molecule has 0 nitrogen and oxygen atoms in total. The summed E-state index contributed by atoms with van der Waals surface area (Å²) in [5.41, 5.74) is 5.60. The van der Waals surface area contributed by atoms with Crippen LogP contribution in [0.3, 0.4) is 0 Å². The van der Waals surface area contributed by atoms with Crippen LogP contribution in [0.4, 0.5) is 0 Å². The average molecular weight is 187 g/mol. The monoisotopic (exact) mass is 186 g/mol. The van der Waals surface area contributed by atoms with Crippen LogP contribution in [0.25, 0.3) is 0 Å². The number of hydrogen-bond donors (Lipinski definition) is 1. The van der Waals surface area contributed by atoms with Gasteiger partial charge in [0.2, 0.25) is 0 Å². The summed E-state index contributed by atoms with van der Waals surface area (Å²) in [5.74, 6) is 0.